The fourth-order valence-electron chi connectivity index (χ4n) is 4.32. The Kier molecular flexibility index (Phi) is 4.91. The van der Waals surface area contributed by atoms with E-state index in [0.29, 0.717) is 6.04 Å². The average molecular weight is 349 g/mol. The third-order valence-corrected chi connectivity index (χ3v) is 5.89. The van der Waals surface area contributed by atoms with Crippen LogP contribution in [0.3, 0.4) is 0 Å². The molecule has 2 heterocycles. The van der Waals surface area contributed by atoms with Crippen molar-refractivity contribution in [2.75, 3.05) is 18.5 Å². The zero-order valence-corrected chi connectivity index (χ0v) is 15.5. The Morgan fingerprint density at radius 3 is 2.65 bits per heavy atom. The van der Waals surface area contributed by atoms with Crippen LogP contribution in [-0.4, -0.2) is 35.4 Å². The average Bonchev–Trinajstić information content (AvgIpc) is 2.73. The fraction of sp³-hybridized carbons (Fsp3) is 0.455. The van der Waals surface area contributed by atoms with Gasteiger partial charge >= 0.3 is 0 Å². The number of nitrogens with zero attached hydrogens (tertiary/aromatic N) is 3. The van der Waals surface area contributed by atoms with Crippen molar-refractivity contribution in [1.82, 2.24) is 9.88 Å². The van der Waals surface area contributed by atoms with Crippen molar-refractivity contribution in [3.63, 3.8) is 0 Å². The van der Waals surface area contributed by atoms with Gasteiger partial charge in [0.25, 0.3) is 5.91 Å². The Balaban J connectivity index is 1.58. The van der Waals surface area contributed by atoms with Gasteiger partial charge < -0.3 is 9.80 Å². The molecule has 1 amide bonds. The molecule has 1 aliphatic carbocycles. The lowest BCUT2D eigenvalue weighted by Crippen LogP contribution is -2.40. The van der Waals surface area contributed by atoms with Crippen molar-refractivity contribution in [3.05, 3.63) is 59.3 Å². The zero-order valence-electron chi connectivity index (χ0n) is 15.5. The van der Waals surface area contributed by atoms with E-state index < -0.39 is 0 Å². The summed E-state index contributed by atoms with van der Waals surface area (Å²) in [6, 6.07) is 12.8. The molecule has 1 aromatic heterocycles. The summed E-state index contributed by atoms with van der Waals surface area (Å²) in [6.07, 6.45) is 8.79. The van der Waals surface area contributed by atoms with E-state index in [9.17, 15) is 4.79 Å². The molecule has 136 valence electrons. The van der Waals surface area contributed by atoms with Crippen LogP contribution in [0, 0.1) is 0 Å². The molecule has 2 aliphatic rings. The molecule has 2 aromatic rings. The van der Waals surface area contributed by atoms with E-state index in [0.717, 1.165) is 43.7 Å². The van der Waals surface area contributed by atoms with Gasteiger partial charge in [-0.25, -0.2) is 4.98 Å². The van der Waals surface area contributed by atoms with Crippen LogP contribution < -0.4 is 4.90 Å². The molecule has 0 saturated heterocycles. The lowest BCUT2D eigenvalue weighted by molar-refractivity contribution is 0.0696. The summed E-state index contributed by atoms with van der Waals surface area (Å²) in [4.78, 5) is 22.0. The molecule has 1 aliphatic heterocycles. The Labute approximate surface area is 155 Å². The smallest absolute Gasteiger partial charge is 0.257 e. The van der Waals surface area contributed by atoms with E-state index in [-0.39, 0.29) is 5.91 Å². The maximum absolute atomic E-state index is 13.2. The van der Waals surface area contributed by atoms with Gasteiger partial charge in [0.2, 0.25) is 0 Å². The molecule has 4 heteroatoms. The normalized spacial score (nSPS) is 17.7. The number of anilines is 1. The number of carbonyl (C=O) groups excluding carboxylic acids is 1. The summed E-state index contributed by atoms with van der Waals surface area (Å²) in [5, 5.41) is 0. The van der Waals surface area contributed by atoms with Crippen LogP contribution in [0.1, 0.15) is 53.6 Å². The molecule has 0 unspecified atom stereocenters. The topological polar surface area (TPSA) is 36.4 Å². The van der Waals surface area contributed by atoms with Crippen LogP contribution in [0.5, 0.6) is 0 Å². The minimum absolute atomic E-state index is 0.110. The monoisotopic (exact) mass is 349 g/mol. The Bertz CT molecular complexity index is 782. The molecular formula is C22H27N3O. The first-order valence-electron chi connectivity index (χ1n) is 9.78. The summed E-state index contributed by atoms with van der Waals surface area (Å²) >= 11 is 0. The zero-order chi connectivity index (χ0) is 17.9. The van der Waals surface area contributed by atoms with Crippen LogP contribution in [-0.2, 0) is 13.0 Å². The van der Waals surface area contributed by atoms with Gasteiger partial charge in [0.05, 0.1) is 5.56 Å². The molecule has 0 radical (unpaired) electrons. The van der Waals surface area contributed by atoms with Crippen LogP contribution in [0.25, 0.3) is 0 Å². The van der Waals surface area contributed by atoms with Crippen LogP contribution in [0.4, 0.5) is 5.82 Å². The summed E-state index contributed by atoms with van der Waals surface area (Å²) in [6.45, 7) is 1.72. The molecule has 0 atom stereocenters. The van der Waals surface area contributed by atoms with E-state index in [1.54, 1.807) is 6.20 Å². The van der Waals surface area contributed by atoms with E-state index in [4.69, 9.17) is 0 Å². The maximum Gasteiger partial charge on any atom is 0.257 e. The molecule has 4 rings (SSSR count). The van der Waals surface area contributed by atoms with Gasteiger partial charge in [-0.15, -0.1) is 0 Å². The van der Waals surface area contributed by atoms with Gasteiger partial charge in [-0.2, -0.15) is 0 Å². The number of hydrogen-bond donors (Lipinski definition) is 0. The number of fused-ring (bicyclic) bond motifs is 1. The molecule has 0 spiro atoms. The quantitative estimate of drug-likeness (QED) is 0.839. The number of amides is 1. The first-order chi connectivity index (χ1) is 12.7. The molecule has 1 aromatic carbocycles. The number of pyridine rings is 1. The van der Waals surface area contributed by atoms with E-state index >= 15 is 0 Å². The first-order valence-corrected chi connectivity index (χ1v) is 9.78. The number of hydrogen-bond acceptors (Lipinski definition) is 3. The number of carbonyl (C=O) groups is 1. The second-order valence-corrected chi connectivity index (χ2v) is 7.52. The Morgan fingerprint density at radius 2 is 1.85 bits per heavy atom. The van der Waals surface area contributed by atoms with Gasteiger partial charge in [0, 0.05) is 32.4 Å². The van der Waals surface area contributed by atoms with Crippen molar-refractivity contribution < 1.29 is 4.79 Å². The predicted molar refractivity (Wildman–Crippen MR) is 104 cm³/mol. The molecule has 0 bridgehead atoms. The molecule has 0 N–H and O–H groups in total. The third kappa shape index (κ3) is 3.33. The van der Waals surface area contributed by atoms with Gasteiger partial charge in [0.15, 0.2) is 0 Å². The molecule has 1 saturated carbocycles. The second kappa shape index (κ2) is 7.48. The van der Waals surface area contributed by atoms with Crippen LogP contribution in [0.15, 0.2) is 42.6 Å². The highest BCUT2D eigenvalue weighted by molar-refractivity contribution is 5.99. The highest BCUT2D eigenvalue weighted by atomic mass is 16.2. The Morgan fingerprint density at radius 1 is 1.08 bits per heavy atom. The van der Waals surface area contributed by atoms with E-state index in [1.807, 2.05) is 24.1 Å². The van der Waals surface area contributed by atoms with E-state index in [1.165, 1.54) is 30.4 Å². The van der Waals surface area contributed by atoms with Crippen molar-refractivity contribution in [2.45, 2.75) is 51.1 Å². The largest absolute Gasteiger partial charge is 0.351 e. The highest BCUT2D eigenvalue weighted by Gasteiger charge is 2.27. The van der Waals surface area contributed by atoms with Crippen molar-refractivity contribution in [3.8, 4) is 0 Å². The second-order valence-electron chi connectivity index (χ2n) is 7.52. The number of aromatic nitrogens is 1. The maximum atomic E-state index is 13.2. The predicted octanol–water partition coefficient (Wildman–Crippen LogP) is 4.05. The standard InChI is InChI=1S/C22H27N3O/c1-24(19-10-3-2-4-11-19)22(26)20-12-7-14-23-21(20)25-15-13-17-8-5-6-9-18(17)16-25/h5-9,12,14,19H,2-4,10-11,13,15-16H2,1H3. The van der Waals surface area contributed by atoms with Gasteiger partial charge in [0.1, 0.15) is 5.82 Å². The summed E-state index contributed by atoms with van der Waals surface area (Å²) in [5.74, 6) is 0.938. The summed E-state index contributed by atoms with van der Waals surface area (Å²) < 4.78 is 0. The van der Waals surface area contributed by atoms with Gasteiger partial charge in [-0.05, 0) is 42.5 Å². The summed E-state index contributed by atoms with van der Waals surface area (Å²) in [5.41, 5.74) is 3.48. The van der Waals surface area contributed by atoms with E-state index in [2.05, 4.69) is 34.1 Å². The molecule has 4 nitrogen and oxygen atoms in total. The Hall–Kier alpha value is -2.36. The van der Waals surface area contributed by atoms with Crippen molar-refractivity contribution in [1.29, 1.82) is 0 Å². The fourth-order valence-corrected chi connectivity index (χ4v) is 4.32. The minimum atomic E-state index is 0.110. The SMILES string of the molecule is CN(C(=O)c1cccnc1N1CCc2ccccc2C1)C1CCCCC1. The number of rotatable bonds is 3. The molecule has 26 heavy (non-hydrogen) atoms. The number of benzene rings is 1. The summed E-state index contributed by atoms with van der Waals surface area (Å²) in [7, 11) is 1.96. The van der Waals surface area contributed by atoms with Gasteiger partial charge in [-0.3, -0.25) is 4.79 Å². The van der Waals surface area contributed by atoms with Crippen molar-refractivity contribution >= 4 is 11.7 Å². The van der Waals surface area contributed by atoms with Crippen molar-refractivity contribution in [2.24, 2.45) is 0 Å². The first kappa shape index (κ1) is 17.1. The van der Waals surface area contributed by atoms with Crippen LogP contribution in [0.2, 0.25) is 0 Å². The van der Waals surface area contributed by atoms with Gasteiger partial charge in [-0.1, -0.05) is 43.5 Å². The van der Waals surface area contributed by atoms with Crippen LogP contribution >= 0.6 is 0 Å². The lowest BCUT2D eigenvalue weighted by Gasteiger charge is -2.34. The highest BCUT2D eigenvalue weighted by Crippen LogP contribution is 2.28. The lowest BCUT2D eigenvalue weighted by atomic mass is 9.94. The minimum Gasteiger partial charge on any atom is -0.351 e. The third-order valence-electron chi connectivity index (χ3n) is 5.89. The molecular weight excluding hydrogens is 322 g/mol. The molecule has 1 fully saturated rings.